The molecule has 0 saturated carbocycles. The summed E-state index contributed by atoms with van der Waals surface area (Å²) in [5, 5.41) is 0.806. The lowest BCUT2D eigenvalue weighted by atomic mass is 10.1. The summed E-state index contributed by atoms with van der Waals surface area (Å²) in [6, 6.07) is 13.0. The first-order valence-corrected chi connectivity index (χ1v) is 12.1. The van der Waals surface area contributed by atoms with E-state index in [2.05, 4.69) is 4.72 Å². The standard InChI is InChI=1S/C23H22Cl2N2O5S/c1-14-4-7-18(8-5-14)33(30,31)26-12-23(29)32-13-22(28)19-10-15(2)27(16(19)3)17-6-9-20(24)21(25)11-17/h4-11,26H,12-13H2,1-3H3. The van der Waals surface area contributed by atoms with Gasteiger partial charge in [0.1, 0.15) is 6.54 Å². The second-order valence-electron chi connectivity index (χ2n) is 7.44. The predicted octanol–water partition coefficient (Wildman–Crippen LogP) is 4.41. The number of nitrogens with one attached hydrogen (secondary N) is 1. The summed E-state index contributed by atoms with van der Waals surface area (Å²) in [6.45, 7) is 4.32. The van der Waals surface area contributed by atoms with Gasteiger partial charge in [0.25, 0.3) is 0 Å². The van der Waals surface area contributed by atoms with Gasteiger partial charge < -0.3 is 9.30 Å². The van der Waals surface area contributed by atoms with Crippen molar-refractivity contribution in [2.24, 2.45) is 0 Å². The summed E-state index contributed by atoms with van der Waals surface area (Å²) >= 11 is 12.1. The number of rotatable bonds is 8. The number of benzene rings is 2. The highest BCUT2D eigenvalue weighted by molar-refractivity contribution is 7.89. The Morgan fingerprint density at radius 2 is 1.64 bits per heavy atom. The Bertz CT molecular complexity index is 1320. The monoisotopic (exact) mass is 508 g/mol. The van der Waals surface area contributed by atoms with E-state index in [4.69, 9.17) is 27.9 Å². The summed E-state index contributed by atoms with van der Waals surface area (Å²) in [5.41, 5.74) is 3.45. The Balaban J connectivity index is 1.63. The summed E-state index contributed by atoms with van der Waals surface area (Å²) < 4.78 is 33.5. The van der Waals surface area contributed by atoms with E-state index in [9.17, 15) is 18.0 Å². The Hall–Kier alpha value is -2.65. The molecule has 0 aliphatic rings. The van der Waals surface area contributed by atoms with Gasteiger partial charge in [0.05, 0.1) is 14.9 Å². The zero-order valence-electron chi connectivity index (χ0n) is 18.2. The van der Waals surface area contributed by atoms with E-state index >= 15 is 0 Å². The van der Waals surface area contributed by atoms with Crippen molar-refractivity contribution in [1.82, 2.24) is 9.29 Å². The lowest BCUT2D eigenvalue weighted by Gasteiger charge is -2.11. The molecule has 0 amide bonds. The molecule has 0 aliphatic carbocycles. The van der Waals surface area contributed by atoms with Crippen LogP contribution in [0.2, 0.25) is 10.0 Å². The molecule has 0 bridgehead atoms. The number of Topliss-reactive ketones (excluding diaryl/α,β-unsaturated/α-hetero) is 1. The van der Waals surface area contributed by atoms with Crippen LogP contribution in [0.25, 0.3) is 5.69 Å². The van der Waals surface area contributed by atoms with Crippen molar-refractivity contribution in [1.29, 1.82) is 0 Å². The largest absolute Gasteiger partial charge is 0.456 e. The van der Waals surface area contributed by atoms with Crippen molar-refractivity contribution in [3.8, 4) is 5.69 Å². The highest BCUT2D eigenvalue weighted by Gasteiger charge is 2.20. The molecule has 0 fully saturated rings. The summed E-state index contributed by atoms with van der Waals surface area (Å²) in [4.78, 5) is 24.7. The van der Waals surface area contributed by atoms with E-state index in [-0.39, 0.29) is 4.90 Å². The van der Waals surface area contributed by atoms with E-state index in [1.54, 1.807) is 43.3 Å². The maximum absolute atomic E-state index is 12.7. The van der Waals surface area contributed by atoms with Gasteiger partial charge >= 0.3 is 5.97 Å². The molecule has 7 nitrogen and oxygen atoms in total. The highest BCUT2D eigenvalue weighted by Crippen LogP contribution is 2.27. The van der Waals surface area contributed by atoms with Gasteiger partial charge in [0.15, 0.2) is 6.61 Å². The van der Waals surface area contributed by atoms with Gasteiger partial charge in [0.2, 0.25) is 15.8 Å². The smallest absolute Gasteiger partial charge is 0.321 e. The number of aryl methyl sites for hydroxylation is 2. The van der Waals surface area contributed by atoms with Crippen LogP contribution in [-0.2, 0) is 19.6 Å². The van der Waals surface area contributed by atoms with Gasteiger partial charge in [0, 0.05) is 22.6 Å². The Kier molecular flexibility index (Phi) is 7.64. The molecule has 1 N–H and O–H groups in total. The number of hydrogen-bond acceptors (Lipinski definition) is 5. The molecule has 0 saturated heterocycles. The number of carbonyl (C=O) groups excluding carboxylic acids is 2. The van der Waals surface area contributed by atoms with E-state index in [1.165, 1.54) is 12.1 Å². The van der Waals surface area contributed by atoms with Crippen molar-refractivity contribution in [2.75, 3.05) is 13.2 Å². The van der Waals surface area contributed by atoms with Gasteiger partial charge in [-0.1, -0.05) is 40.9 Å². The first-order valence-electron chi connectivity index (χ1n) is 9.89. The van der Waals surface area contributed by atoms with Crippen molar-refractivity contribution in [3.63, 3.8) is 0 Å². The lowest BCUT2D eigenvalue weighted by Crippen LogP contribution is -2.31. The Morgan fingerprint density at radius 1 is 0.970 bits per heavy atom. The summed E-state index contributed by atoms with van der Waals surface area (Å²) in [5.74, 6) is -1.28. The number of sulfonamides is 1. The molecule has 3 rings (SSSR count). The SMILES string of the molecule is Cc1ccc(S(=O)(=O)NCC(=O)OCC(=O)c2cc(C)n(-c3ccc(Cl)c(Cl)c3)c2C)cc1. The average Bonchev–Trinajstić information content (AvgIpc) is 3.07. The average molecular weight is 509 g/mol. The fraction of sp³-hybridized carbons (Fsp3) is 0.217. The number of nitrogens with zero attached hydrogens (tertiary/aromatic N) is 1. The zero-order valence-corrected chi connectivity index (χ0v) is 20.5. The van der Waals surface area contributed by atoms with Crippen LogP contribution >= 0.6 is 23.2 Å². The minimum Gasteiger partial charge on any atom is -0.456 e. The fourth-order valence-electron chi connectivity index (χ4n) is 3.30. The van der Waals surface area contributed by atoms with Gasteiger partial charge in [-0.2, -0.15) is 4.72 Å². The molecule has 0 atom stereocenters. The van der Waals surface area contributed by atoms with Gasteiger partial charge in [-0.3, -0.25) is 9.59 Å². The molecule has 1 aromatic heterocycles. The summed E-state index contributed by atoms with van der Waals surface area (Å²) in [7, 11) is -3.87. The van der Waals surface area contributed by atoms with Crippen LogP contribution in [0.5, 0.6) is 0 Å². The van der Waals surface area contributed by atoms with Crippen LogP contribution in [0.1, 0.15) is 27.3 Å². The number of ether oxygens (including phenoxy) is 1. The molecule has 3 aromatic rings. The first-order chi connectivity index (χ1) is 15.5. The molecule has 0 spiro atoms. The topological polar surface area (TPSA) is 94.5 Å². The molecular weight excluding hydrogens is 487 g/mol. The van der Waals surface area contributed by atoms with Crippen molar-refractivity contribution in [2.45, 2.75) is 25.7 Å². The molecular formula is C23H22Cl2N2O5S. The maximum Gasteiger partial charge on any atom is 0.321 e. The number of ketones is 1. The fourth-order valence-corrected chi connectivity index (χ4v) is 4.56. The third kappa shape index (κ3) is 5.83. The number of hydrogen-bond donors (Lipinski definition) is 1. The maximum atomic E-state index is 12.7. The van der Waals surface area contributed by atoms with E-state index in [0.29, 0.717) is 21.3 Å². The van der Waals surface area contributed by atoms with E-state index in [0.717, 1.165) is 16.9 Å². The van der Waals surface area contributed by atoms with Crippen LogP contribution in [0.3, 0.4) is 0 Å². The second kappa shape index (κ2) is 10.1. The van der Waals surface area contributed by atoms with Gasteiger partial charge in [-0.05, 0) is 57.2 Å². The minimum atomic E-state index is -3.87. The molecule has 174 valence electrons. The number of halogens is 2. The van der Waals surface area contributed by atoms with Crippen LogP contribution in [0.4, 0.5) is 0 Å². The Morgan fingerprint density at radius 3 is 2.27 bits per heavy atom. The third-order valence-electron chi connectivity index (χ3n) is 4.99. The van der Waals surface area contributed by atoms with E-state index < -0.39 is 34.9 Å². The molecule has 1 heterocycles. The van der Waals surface area contributed by atoms with Crippen molar-refractivity contribution in [3.05, 3.63) is 81.1 Å². The first kappa shape index (κ1) is 25.0. The number of carbonyl (C=O) groups is 2. The van der Waals surface area contributed by atoms with Crippen LogP contribution in [-0.4, -0.2) is 37.9 Å². The molecule has 10 heteroatoms. The van der Waals surface area contributed by atoms with E-state index in [1.807, 2.05) is 18.4 Å². The molecule has 0 unspecified atom stereocenters. The summed E-state index contributed by atoms with van der Waals surface area (Å²) in [6.07, 6.45) is 0. The quantitative estimate of drug-likeness (QED) is 0.359. The molecule has 0 aliphatic heterocycles. The normalized spacial score (nSPS) is 11.4. The second-order valence-corrected chi connectivity index (χ2v) is 10.0. The highest BCUT2D eigenvalue weighted by atomic mass is 35.5. The minimum absolute atomic E-state index is 0.0340. The number of esters is 1. The van der Waals surface area contributed by atoms with Crippen molar-refractivity contribution < 1.29 is 22.7 Å². The molecule has 0 radical (unpaired) electrons. The van der Waals surface area contributed by atoms with Crippen LogP contribution in [0, 0.1) is 20.8 Å². The van der Waals surface area contributed by atoms with Crippen LogP contribution < -0.4 is 4.72 Å². The van der Waals surface area contributed by atoms with Crippen molar-refractivity contribution >= 4 is 45.0 Å². The van der Waals surface area contributed by atoms with Gasteiger partial charge in [-0.25, -0.2) is 8.42 Å². The van der Waals surface area contributed by atoms with Gasteiger partial charge in [-0.15, -0.1) is 0 Å². The zero-order chi connectivity index (χ0) is 24.3. The third-order valence-corrected chi connectivity index (χ3v) is 7.15. The molecule has 33 heavy (non-hydrogen) atoms. The Labute approximate surface area is 202 Å². The number of aromatic nitrogens is 1. The lowest BCUT2D eigenvalue weighted by molar-refractivity contribution is -0.141. The predicted molar refractivity (Wildman–Crippen MR) is 127 cm³/mol. The van der Waals surface area contributed by atoms with Crippen LogP contribution in [0.15, 0.2) is 53.4 Å². The molecule has 2 aromatic carbocycles.